The van der Waals surface area contributed by atoms with E-state index in [1.54, 1.807) is 19.1 Å². The van der Waals surface area contributed by atoms with E-state index in [-0.39, 0.29) is 5.91 Å². The van der Waals surface area contributed by atoms with Crippen LogP contribution < -0.4 is 16.4 Å². The Morgan fingerprint density at radius 3 is 2.50 bits per heavy atom. The molecule has 1 saturated carbocycles. The van der Waals surface area contributed by atoms with Crippen LogP contribution in [-0.2, 0) is 16.1 Å². The van der Waals surface area contributed by atoms with E-state index in [1.165, 1.54) is 0 Å². The molecule has 7 nitrogen and oxygen atoms in total. The molecule has 0 radical (unpaired) electrons. The summed E-state index contributed by atoms with van der Waals surface area (Å²) >= 11 is 0. The van der Waals surface area contributed by atoms with Crippen molar-refractivity contribution < 1.29 is 14.4 Å². The second kappa shape index (κ2) is 6.24. The van der Waals surface area contributed by atoms with Gasteiger partial charge in [0, 0.05) is 12.2 Å². The number of urea groups is 1. The van der Waals surface area contributed by atoms with Gasteiger partial charge in [-0.15, -0.1) is 0 Å². The summed E-state index contributed by atoms with van der Waals surface area (Å²) in [5.41, 5.74) is 6.31. The highest BCUT2D eigenvalue weighted by molar-refractivity contribution is 6.11. The second-order valence-electron chi connectivity index (χ2n) is 6.46. The zero-order chi connectivity index (χ0) is 17.3. The van der Waals surface area contributed by atoms with Crippen molar-refractivity contribution in [3.8, 4) is 0 Å². The quantitative estimate of drug-likeness (QED) is 0.725. The van der Waals surface area contributed by atoms with Crippen molar-refractivity contribution in [3.63, 3.8) is 0 Å². The SMILES string of the molecule is CC(C(=O)Nc1ccc(CN)cc1)N1C(=O)NC2(CCCC2)C1=O. The van der Waals surface area contributed by atoms with Gasteiger partial charge in [-0.2, -0.15) is 0 Å². The van der Waals surface area contributed by atoms with Gasteiger partial charge in [0.2, 0.25) is 5.91 Å². The Bertz CT molecular complexity index is 665. The van der Waals surface area contributed by atoms with E-state index >= 15 is 0 Å². The molecule has 1 heterocycles. The zero-order valence-electron chi connectivity index (χ0n) is 13.7. The lowest BCUT2D eigenvalue weighted by Crippen LogP contribution is -2.48. The van der Waals surface area contributed by atoms with Crippen molar-refractivity contribution in [2.24, 2.45) is 5.73 Å². The van der Waals surface area contributed by atoms with Crippen LogP contribution in [0.2, 0.25) is 0 Å². The minimum absolute atomic E-state index is 0.286. The molecular formula is C17H22N4O3. The number of nitrogens with zero attached hydrogens (tertiary/aromatic N) is 1. The number of carbonyl (C=O) groups is 3. The lowest BCUT2D eigenvalue weighted by Gasteiger charge is -2.23. The number of nitrogens with two attached hydrogens (primary N) is 1. The Kier molecular flexibility index (Phi) is 4.28. The number of rotatable bonds is 4. The zero-order valence-corrected chi connectivity index (χ0v) is 13.7. The summed E-state index contributed by atoms with van der Waals surface area (Å²) in [5, 5.41) is 5.52. The van der Waals surface area contributed by atoms with Crippen molar-refractivity contribution in [1.82, 2.24) is 10.2 Å². The summed E-state index contributed by atoms with van der Waals surface area (Å²) in [4.78, 5) is 38.4. The Labute approximate surface area is 140 Å². The van der Waals surface area contributed by atoms with Gasteiger partial charge in [0.15, 0.2) is 0 Å². The van der Waals surface area contributed by atoms with Gasteiger partial charge in [-0.1, -0.05) is 25.0 Å². The van der Waals surface area contributed by atoms with Gasteiger partial charge in [-0.3, -0.25) is 9.59 Å². The number of imide groups is 1. The lowest BCUT2D eigenvalue weighted by atomic mass is 9.97. The first kappa shape index (κ1) is 16.4. The maximum absolute atomic E-state index is 12.7. The molecule has 1 aliphatic heterocycles. The fourth-order valence-corrected chi connectivity index (χ4v) is 3.40. The van der Waals surface area contributed by atoms with Crippen molar-refractivity contribution in [2.45, 2.75) is 50.7 Å². The molecule has 1 spiro atoms. The van der Waals surface area contributed by atoms with Gasteiger partial charge in [0.25, 0.3) is 5.91 Å². The predicted octanol–water partition coefficient (Wildman–Crippen LogP) is 1.34. The number of anilines is 1. The topological polar surface area (TPSA) is 105 Å². The lowest BCUT2D eigenvalue weighted by molar-refractivity contribution is -0.136. The molecule has 24 heavy (non-hydrogen) atoms. The molecule has 128 valence electrons. The van der Waals surface area contributed by atoms with Crippen molar-refractivity contribution in [3.05, 3.63) is 29.8 Å². The fourth-order valence-electron chi connectivity index (χ4n) is 3.40. The number of hydrogen-bond acceptors (Lipinski definition) is 4. The van der Waals surface area contributed by atoms with Crippen LogP contribution in [0.25, 0.3) is 0 Å². The molecule has 1 unspecified atom stereocenters. The maximum atomic E-state index is 12.7. The highest BCUT2D eigenvalue weighted by Gasteiger charge is 2.54. The van der Waals surface area contributed by atoms with E-state index in [2.05, 4.69) is 10.6 Å². The molecule has 1 aliphatic carbocycles. The van der Waals surface area contributed by atoms with E-state index in [9.17, 15) is 14.4 Å². The molecule has 0 bridgehead atoms. The van der Waals surface area contributed by atoms with Crippen LogP contribution in [0.1, 0.15) is 38.2 Å². The first-order chi connectivity index (χ1) is 11.5. The van der Waals surface area contributed by atoms with Gasteiger partial charge >= 0.3 is 6.03 Å². The monoisotopic (exact) mass is 330 g/mol. The van der Waals surface area contributed by atoms with Gasteiger partial charge in [0.05, 0.1) is 0 Å². The third-order valence-corrected chi connectivity index (χ3v) is 4.87. The van der Waals surface area contributed by atoms with Crippen molar-refractivity contribution in [2.75, 3.05) is 5.32 Å². The van der Waals surface area contributed by atoms with Crippen LogP contribution in [0.5, 0.6) is 0 Å². The summed E-state index contributed by atoms with van der Waals surface area (Å²) in [5.74, 6) is -0.680. The maximum Gasteiger partial charge on any atom is 0.325 e. The standard InChI is InChI=1S/C17H22N4O3/c1-11(14(22)19-13-6-4-12(10-18)5-7-13)21-15(23)17(20-16(21)24)8-2-3-9-17/h4-7,11H,2-3,8-10,18H2,1H3,(H,19,22)(H,20,24). The van der Waals surface area contributed by atoms with Gasteiger partial charge in [-0.05, 0) is 37.5 Å². The van der Waals surface area contributed by atoms with Crippen molar-refractivity contribution in [1.29, 1.82) is 0 Å². The predicted molar refractivity (Wildman–Crippen MR) is 89.0 cm³/mol. The van der Waals surface area contributed by atoms with Gasteiger partial charge < -0.3 is 16.4 Å². The highest BCUT2D eigenvalue weighted by Crippen LogP contribution is 2.35. The molecule has 3 rings (SSSR count). The molecular weight excluding hydrogens is 308 g/mol. The van der Waals surface area contributed by atoms with E-state index in [1.807, 2.05) is 12.1 Å². The summed E-state index contributed by atoms with van der Waals surface area (Å²) < 4.78 is 0. The van der Waals surface area contributed by atoms with Crippen LogP contribution >= 0.6 is 0 Å². The summed E-state index contributed by atoms with van der Waals surface area (Å²) in [7, 11) is 0. The Morgan fingerprint density at radius 2 is 1.92 bits per heavy atom. The molecule has 4 amide bonds. The number of amides is 4. The first-order valence-electron chi connectivity index (χ1n) is 8.22. The summed E-state index contributed by atoms with van der Waals surface area (Å²) in [6.07, 6.45) is 3.10. The van der Waals surface area contributed by atoms with Crippen LogP contribution in [0.3, 0.4) is 0 Å². The Hall–Kier alpha value is -2.41. The molecule has 7 heteroatoms. The summed E-state index contributed by atoms with van der Waals surface area (Å²) in [6, 6.07) is 5.78. The number of hydrogen-bond donors (Lipinski definition) is 3. The largest absolute Gasteiger partial charge is 0.326 e. The minimum atomic E-state index is -0.869. The molecule has 1 atom stereocenters. The molecule has 0 aromatic heterocycles. The van der Waals surface area contributed by atoms with E-state index < -0.39 is 23.5 Å². The Morgan fingerprint density at radius 1 is 1.29 bits per heavy atom. The number of nitrogens with one attached hydrogen (secondary N) is 2. The molecule has 2 fully saturated rings. The number of carbonyl (C=O) groups excluding carboxylic acids is 3. The van der Waals surface area contributed by atoms with E-state index in [0.29, 0.717) is 25.1 Å². The fraction of sp³-hybridized carbons (Fsp3) is 0.471. The van der Waals surface area contributed by atoms with Crippen LogP contribution in [-0.4, -0.2) is 34.3 Å². The minimum Gasteiger partial charge on any atom is -0.326 e. The molecule has 2 aliphatic rings. The Balaban J connectivity index is 1.70. The molecule has 4 N–H and O–H groups in total. The van der Waals surface area contributed by atoms with E-state index in [0.717, 1.165) is 23.3 Å². The first-order valence-corrected chi connectivity index (χ1v) is 8.22. The third kappa shape index (κ3) is 2.75. The second-order valence-corrected chi connectivity index (χ2v) is 6.46. The summed E-state index contributed by atoms with van der Waals surface area (Å²) in [6.45, 7) is 1.99. The van der Waals surface area contributed by atoms with Crippen molar-refractivity contribution >= 4 is 23.5 Å². The van der Waals surface area contributed by atoms with Crippen LogP contribution in [0.15, 0.2) is 24.3 Å². The normalized spacial score (nSPS) is 20.3. The average Bonchev–Trinajstić information content (AvgIpc) is 3.13. The van der Waals surface area contributed by atoms with Gasteiger partial charge in [0.1, 0.15) is 11.6 Å². The molecule has 1 aromatic rings. The number of benzene rings is 1. The van der Waals surface area contributed by atoms with Crippen LogP contribution in [0, 0.1) is 0 Å². The third-order valence-electron chi connectivity index (χ3n) is 4.87. The molecule has 1 aromatic carbocycles. The highest BCUT2D eigenvalue weighted by atomic mass is 16.2. The van der Waals surface area contributed by atoms with Gasteiger partial charge in [-0.25, -0.2) is 9.69 Å². The van der Waals surface area contributed by atoms with E-state index in [4.69, 9.17) is 5.73 Å². The average molecular weight is 330 g/mol. The van der Waals surface area contributed by atoms with Crippen LogP contribution in [0.4, 0.5) is 10.5 Å². The smallest absolute Gasteiger partial charge is 0.325 e. The molecule has 1 saturated heterocycles.